The van der Waals surface area contributed by atoms with Gasteiger partial charge in [-0.3, -0.25) is 0 Å². The maximum absolute atomic E-state index is 9.96. The Labute approximate surface area is 107 Å². The van der Waals surface area contributed by atoms with Gasteiger partial charge >= 0.3 is 0 Å². The molecular weight excluding hydrogens is 254 g/mol. The molecule has 2 aromatic rings. The van der Waals surface area contributed by atoms with Crippen molar-refractivity contribution in [3.8, 4) is 0 Å². The molecule has 0 spiro atoms. The highest BCUT2D eigenvalue weighted by atomic mass is 16.6. The minimum absolute atomic E-state index is 0.202. The lowest BCUT2D eigenvalue weighted by atomic mass is 10.1. The summed E-state index contributed by atoms with van der Waals surface area (Å²) in [6.07, 6.45) is -1.32. The van der Waals surface area contributed by atoms with Crippen molar-refractivity contribution in [2.75, 3.05) is 12.3 Å². The van der Waals surface area contributed by atoms with Gasteiger partial charge in [-0.05, 0) is 0 Å². The molecule has 19 heavy (non-hydrogen) atoms. The van der Waals surface area contributed by atoms with Crippen molar-refractivity contribution < 1.29 is 20.1 Å². The van der Waals surface area contributed by atoms with Gasteiger partial charge < -0.3 is 25.8 Å². The highest BCUT2D eigenvalue weighted by Gasteiger charge is 2.44. The van der Waals surface area contributed by atoms with E-state index in [0.717, 1.165) is 0 Å². The van der Waals surface area contributed by atoms with E-state index in [-0.39, 0.29) is 12.4 Å². The number of aliphatic hydroxyl groups excluding tert-OH is 3. The van der Waals surface area contributed by atoms with E-state index >= 15 is 0 Å². The second-order valence-electron chi connectivity index (χ2n) is 4.32. The number of aromatic nitrogens is 4. The zero-order valence-corrected chi connectivity index (χ0v) is 9.79. The Hall–Kier alpha value is -1.81. The molecule has 3 rings (SSSR count). The van der Waals surface area contributed by atoms with E-state index in [1.165, 1.54) is 17.0 Å². The van der Waals surface area contributed by atoms with Crippen LogP contribution in [0, 0.1) is 0 Å². The van der Waals surface area contributed by atoms with Gasteiger partial charge in [0.25, 0.3) is 0 Å². The zero-order valence-electron chi connectivity index (χ0n) is 9.79. The lowest BCUT2D eigenvalue weighted by molar-refractivity contribution is -0.0244. The van der Waals surface area contributed by atoms with Gasteiger partial charge in [-0.1, -0.05) is 0 Å². The first-order valence-corrected chi connectivity index (χ1v) is 5.70. The summed E-state index contributed by atoms with van der Waals surface area (Å²) in [6, 6.07) is 0. The van der Waals surface area contributed by atoms with Crippen molar-refractivity contribution in [2.45, 2.75) is 24.4 Å². The molecule has 9 heteroatoms. The summed E-state index contributed by atoms with van der Waals surface area (Å²) < 4.78 is 6.81. The summed E-state index contributed by atoms with van der Waals surface area (Å²) in [5, 5.41) is 32.7. The summed E-state index contributed by atoms with van der Waals surface area (Å²) in [5.41, 5.74) is 6.44. The molecule has 3 heterocycles. The second kappa shape index (κ2) is 4.38. The molecule has 2 aromatic heterocycles. The molecule has 0 bridgehead atoms. The van der Waals surface area contributed by atoms with E-state index in [1.807, 2.05) is 0 Å². The Bertz CT molecular complexity index is 603. The fraction of sp³-hybridized carbons (Fsp3) is 0.500. The molecule has 0 aliphatic carbocycles. The van der Waals surface area contributed by atoms with Crippen LogP contribution in [0.25, 0.3) is 5.65 Å². The fourth-order valence-corrected chi connectivity index (χ4v) is 2.19. The fourth-order valence-electron chi connectivity index (χ4n) is 2.19. The monoisotopic (exact) mass is 267 g/mol. The molecule has 102 valence electrons. The van der Waals surface area contributed by atoms with Gasteiger partial charge in [-0.2, -0.15) is 5.10 Å². The number of nitrogens with zero attached hydrogens (tertiary/aromatic N) is 4. The number of hydrogen-bond acceptors (Lipinski definition) is 8. The lowest BCUT2D eigenvalue weighted by Crippen LogP contribution is -2.32. The van der Waals surface area contributed by atoms with Gasteiger partial charge in [0.15, 0.2) is 11.5 Å². The van der Waals surface area contributed by atoms with Crippen molar-refractivity contribution in [3.63, 3.8) is 0 Å². The summed E-state index contributed by atoms with van der Waals surface area (Å²) in [5.74, 6) is 0.202. The van der Waals surface area contributed by atoms with Crippen LogP contribution in [0.3, 0.4) is 0 Å². The first kappa shape index (κ1) is 12.2. The van der Waals surface area contributed by atoms with Crippen LogP contribution < -0.4 is 5.73 Å². The van der Waals surface area contributed by atoms with Gasteiger partial charge in [0, 0.05) is 0 Å². The Balaban J connectivity index is 2.04. The number of hydrogen-bond donors (Lipinski definition) is 4. The molecule has 9 nitrogen and oxygen atoms in total. The smallest absolute Gasteiger partial charge is 0.196 e. The van der Waals surface area contributed by atoms with Crippen molar-refractivity contribution in [1.29, 1.82) is 0 Å². The maximum atomic E-state index is 9.96. The normalized spacial score (nSPS) is 31.1. The molecule has 1 aliphatic rings. The Morgan fingerprint density at radius 3 is 2.79 bits per heavy atom. The Morgan fingerprint density at radius 1 is 1.32 bits per heavy atom. The van der Waals surface area contributed by atoms with Gasteiger partial charge in [-0.25, -0.2) is 14.5 Å². The van der Waals surface area contributed by atoms with E-state index < -0.39 is 24.4 Å². The zero-order chi connectivity index (χ0) is 13.6. The second-order valence-corrected chi connectivity index (χ2v) is 4.32. The molecule has 0 aromatic carbocycles. The van der Waals surface area contributed by atoms with Crippen molar-refractivity contribution in [3.05, 3.63) is 18.2 Å². The van der Waals surface area contributed by atoms with Crippen LogP contribution in [0.2, 0.25) is 0 Å². The van der Waals surface area contributed by atoms with E-state index in [9.17, 15) is 10.2 Å². The number of aliphatic hydroxyl groups is 3. The standard InChI is InChI=1S/C10H13N5O4/c11-9-10-12-1-4(15(10)14-3-13-9)8-7(18)6(17)5(2-16)19-8/h1,3,5-8,16-18H,2H2,(H2,11,13,14)/t5-,6-,7-,8+/m1/s1. The van der Waals surface area contributed by atoms with Gasteiger partial charge in [0.2, 0.25) is 0 Å². The van der Waals surface area contributed by atoms with E-state index in [1.54, 1.807) is 0 Å². The molecule has 1 saturated heterocycles. The molecule has 0 amide bonds. The van der Waals surface area contributed by atoms with Crippen LogP contribution in [0.4, 0.5) is 5.82 Å². The molecule has 0 unspecified atom stereocenters. The van der Waals surface area contributed by atoms with Gasteiger partial charge in [0.05, 0.1) is 18.5 Å². The third-order valence-electron chi connectivity index (χ3n) is 3.19. The molecule has 1 aliphatic heterocycles. The van der Waals surface area contributed by atoms with Crippen molar-refractivity contribution in [2.24, 2.45) is 0 Å². The first-order chi connectivity index (χ1) is 9.13. The topological polar surface area (TPSA) is 139 Å². The van der Waals surface area contributed by atoms with Crippen LogP contribution in [-0.4, -0.2) is 59.8 Å². The van der Waals surface area contributed by atoms with E-state index in [2.05, 4.69) is 15.1 Å². The Morgan fingerprint density at radius 2 is 2.11 bits per heavy atom. The molecule has 0 radical (unpaired) electrons. The first-order valence-electron chi connectivity index (χ1n) is 5.70. The van der Waals surface area contributed by atoms with E-state index in [0.29, 0.717) is 11.3 Å². The minimum atomic E-state index is -1.17. The van der Waals surface area contributed by atoms with Crippen LogP contribution >= 0.6 is 0 Å². The minimum Gasteiger partial charge on any atom is -0.394 e. The van der Waals surface area contributed by atoms with Crippen molar-refractivity contribution in [1.82, 2.24) is 19.6 Å². The average molecular weight is 267 g/mol. The predicted molar refractivity (Wildman–Crippen MR) is 61.9 cm³/mol. The summed E-state index contributed by atoms with van der Waals surface area (Å²) in [4.78, 5) is 7.85. The number of nitrogens with two attached hydrogens (primary N) is 1. The maximum Gasteiger partial charge on any atom is 0.196 e. The summed E-state index contributed by atoms with van der Waals surface area (Å²) >= 11 is 0. The molecular formula is C10H13N5O4. The number of fused-ring (bicyclic) bond motifs is 1. The van der Waals surface area contributed by atoms with Crippen molar-refractivity contribution >= 4 is 11.5 Å². The highest BCUT2D eigenvalue weighted by molar-refractivity contribution is 5.58. The third-order valence-corrected chi connectivity index (χ3v) is 3.19. The molecule has 5 N–H and O–H groups in total. The lowest BCUT2D eigenvalue weighted by Gasteiger charge is -2.13. The quantitative estimate of drug-likeness (QED) is 0.483. The van der Waals surface area contributed by atoms with Gasteiger partial charge in [-0.15, -0.1) is 0 Å². The number of ether oxygens (including phenoxy) is 1. The predicted octanol–water partition coefficient (Wildman–Crippen LogP) is -2.14. The third kappa shape index (κ3) is 1.75. The Kier molecular flexibility index (Phi) is 2.82. The average Bonchev–Trinajstić information content (AvgIpc) is 2.94. The number of imidazole rings is 1. The molecule has 1 fully saturated rings. The highest BCUT2D eigenvalue weighted by Crippen LogP contribution is 2.33. The van der Waals surface area contributed by atoms with Crippen LogP contribution in [-0.2, 0) is 4.74 Å². The summed E-state index contributed by atoms with van der Waals surface area (Å²) in [6.45, 7) is -0.386. The SMILES string of the molecule is Nc1ncnn2c([C@@H]3O[C@H](CO)[C@@H](O)[C@H]3O)cnc12. The van der Waals surface area contributed by atoms with Crippen LogP contribution in [0.1, 0.15) is 11.8 Å². The van der Waals surface area contributed by atoms with Crippen LogP contribution in [0.15, 0.2) is 12.5 Å². The van der Waals surface area contributed by atoms with Crippen LogP contribution in [0.5, 0.6) is 0 Å². The number of nitrogen functional groups attached to an aromatic ring is 1. The van der Waals surface area contributed by atoms with Gasteiger partial charge in [0.1, 0.15) is 30.7 Å². The number of rotatable bonds is 2. The molecule has 4 atom stereocenters. The molecule has 0 saturated carbocycles. The largest absolute Gasteiger partial charge is 0.394 e. The van der Waals surface area contributed by atoms with E-state index in [4.69, 9.17) is 15.6 Å². The summed E-state index contributed by atoms with van der Waals surface area (Å²) in [7, 11) is 0. The number of anilines is 1.